The SMILES string of the molecule is CC(=O)SCC#Cc1ncc(Br)cn1. The number of carbonyl (C=O) groups excluding carboxylic acids is 1. The van der Waals surface area contributed by atoms with Gasteiger partial charge in [0.2, 0.25) is 5.82 Å². The molecule has 0 fully saturated rings. The Labute approximate surface area is 94.8 Å². The Morgan fingerprint density at radius 1 is 1.57 bits per heavy atom. The van der Waals surface area contributed by atoms with E-state index < -0.39 is 0 Å². The van der Waals surface area contributed by atoms with Gasteiger partial charge in [0.25, 0.3) is 0 Å². The van der Waals surface area contributed by atoms with Gasteiger partial charge in [0.1, 0.15) is 0 Å². The van der Waals surface area contributed by atoms with Crippen LogP contribution in [0.4, 0.5) is 0 Å². The third-order valence-corrected chi connectivity index (χ3v) is 2.27. The van der Waals surface area contributed by atoms with Crippen molar-refractivity contribution in [1.29, 1.82) is 0 Å². The molecule has 0 unspecified atom stereocenters. The van der Waals surface area contributed by atoms with Crippen LogP contribution in [-0.4, -0.2) is 20.8 Å². The number of aromatic nitrogens is 2. The topological polar surface area (TPSA) is 42.9 Å². The van der Waals surface area contributed by atoms with Crippen LogP contribution in [0.3, 0.4) is 0 Å². The first-order chi connectivity index (χ1) is 6.68. The molecule has 14 heavy (non-hydrogen) atoms. The average molecular weight is 271 g/mol. The number of hydrogen-bond donors (Lipinski definition) is 0. The standard InChI is InChI=1S/C9H7BrN2OS/c1-7(13)14-4-2-3-9-11-5-8(10)6-12-9/h5-6H,4H2,1H3. The van der Waals surface area contributed by atoms with Crippen molar-refractivity contribution in [3.05, 3.63) is 22.7 Å². The number of thioether (sulfide) groups is 1. The van der Waals surface area contributed by atoms with Crippen LogP contribution in [0.25, 0.3) is 0 Å². The first-order valence-corrected chi connectivity index (χ1v) is 5.56. The number of rotatable bonds is 1. The molecule has 0 saturated carbocycles. The Morgan fingerprint density at radius 2 is 2.21 bits per heavy atom. The lowest BCUT2D eigenvalue weighted by molar-refractivity contribution is -0.109. The van der Waals surface area contributed by atoms with E-state index in [1.807, 2.05) is 0 Å². The van der Waals surface area contributed by atoms with E-state index in [2.05, 4.69) is 37.7 Å². The summed E-state index contributed by atoms with van der Waals surface area (Å²) in [6.07, 6.45) is 3.27. The van der Waals surface area contributed by atoms with E-state index in [1.54, 1.807) is 12.4 Å². The van der Waals surface area contributed by atoms with E-state index >= 15 is 0 Å². The minimum atomic E-state index is 0.0658. The largest absolute Gasteiger partial charge is 0.288 e. The fourth-order valence-electron chi connectivity index (χ4n) is 0.630. The van der Waals surface area contributed by atoms with E-state index in [0.29, 0.717) is 11.6 Å². The van der Waals surface area contributed by atoms with Gasteiger partial charge in [-0.1, -0.05) is 17.7 Å². The lowest BCUT2D eigenvalue weighted by Crippen LogP contribution is -1.87. The first-order valence-electron chi connectivity index (χ1n) is 3.78. The molecule has 1 heterocycles. The maximum atomic E-state index is 10.6. The second-order valence-corrected chi connectivity index (χ2v) is 4.37. The van der Waals surface area contributed by atoms with E-state index in [0.717, 1.165) is 4.47 Å². The Bertz CT molecular complexity index is 380. The molecular weight excluding hydrogens is 264 g/mol. The van der Waals surface area contributed by atoms with Gasteiger partial charge < -0.3 is 0 Å². The zero-order chi connectivity index (χ0) is 10.4. The zero-order valence-electron chi connectivity index (χ0n) is 7.45. The molecule has 1 aromatic heterocycles. The molecule has 0 bridgehead atoms. The summed E-state index contributed by atoms with van der Waals surface area (Å²) in [6.45, 7) is 1.52. The maximum absolute atomic E-state index is 10.6. The maximum Gasteiger partial charge on any atom is 0.204 e. The van der Waals surface area contributed by atoms with E-state index in [-0.39, 0.29) is 5.12 Å². The van der Waals surface area contributed by atoms with Gasteiger partial charge in [-0.15, -0.1) is 0 Å². The summed E-state index contributed by atoms with van der Waals surface area (Å²) in [4.78, 5) is 18.5. The quantitative estimate of drug-likeness (QED) is 0.731. The van der Waals surface area contributed by atoms with Gasteiger partial charge >= 0.3 is 0 Å². The van der Waals surface area contributed by atoms with Crippen LogP contribution < -0.4 is 0 Å². The summed E-state index contributed by atoms with van der Waals surface area (Å²) in [5.41, 5.74) is 0. The molecule has 0 atom stereocenters. The van der Waals surface area contributed by atoms with Gasteiger partial charge in [0, 0.05) is 19.3 Å². The Morgan fingerprint density at radius 3 is 2.79 bits per heavy atom. The lowest BCUT2D eigenvalue weighted by Gasteiger charge is -1.88. The van der Waals surface area contributed by atoms with Crippen LogP contribution in [0.5, 0.6) is 0 Å². The monoisotopic (exact) mass is 270 g/mol. The van der Waals surface area contributed by atoms with E-state index in [9.17, 15) is 4.79 Å². The number of halogens is 1. The van der Waals surface area contributed by atoms with Crippen LogP contribution >= 0.6 is 27.7 Å². The third-order valence-electron chi connectivity index (χ3n) is 1.17. The smallest absolute Gasteiger partial charge is 0.204 e. The first kappa shape index (κ1) is 11.2. The average Bonchev–Trinajstić information content (AvgIpc) is 2.15. The molecule has 0 aliphatic carbocycles. The fourth-order valence-corrected chi connectivity index (χ4v) is 1.18. The lowest BCUT2D eigenvalue weighted by atomic mass is 10.5. The third kappa shape index (κ3) is 4.40. The summed E-state index contributed by atoms with van der Waals surface area (Å²) in [5.74, 6) is 6.52. The Balaban J connectivity index is 2.51. The van der Waals surface area contributed by atoms with Crippen LogP contribution in [0.15, 0.2) is 16.9 Å². The summed E-state index contributed by atoms with van der Waals surface area (Å²) >= 11 is 4.40. The van der Waals surface area contributed by atoms with Crippen LogP contribution in [0.1, 0.15) is 12.7 Å². The van der Waals surface area contributed by atoms with Crippen molar-refractivity contribution >= 4 is 32.8 Å². The Hall–Kier alpha value is -0.860. The normalized spacial score (nSPS) is 9.00. The zero-order valence-corrected chi connectivity index (χ0v) is 9.85. The fraction of sp³-hybridized carbons (Fsp3) is 0.222. The second kappa shape index (κ2) is 5.78. The van der Waals surface area contributed by atoms with Crippen molar-refractivity contribution in [2.24, 2.45) is 0 Å². The van der Waals surface area contributed by atoms with Crippen LogP contribution in [0, 0.1) is 11.8 Å². The minimum Gasteiger partial charge on any atom is -0.288 e. The van der Waals surface area contributed by atoms with Gasteiger partial charge in [-0.25, -0.2) is 9.97 Å². The van der Waals surface area contributed by atoms with Crippen LogP contribution in [-0.2, 0) is 4.79 Å². The summed E-state index contributed by atoms with van der Waals surface area (Å²) < 4.78 is 0.821. The van der Waals surface area contributed by atoms with Crippen LogP contribution in [0.2, 0.25) is 0 Å². The summed E-state index contributed by atoms with van der Waals surface area (Å²) in [5, 5.41) is 0.0658. The predicted octanol–water partition coefficient (Wildman–Crippen LogP) is 1.87. The van der Waals surface area contributed by atoms with Crippen molar-refractivity contribution in [3.8, 4) is 11.8 Å². The van der Waals surface area contributed by atoms with E-state index in [4.69, 9.17) is 0 Å². The molecule has 5 heteroatoms. The van der Waals surface area contributed by atoms with Gasteiger partial charge in [-0.2, -0.15) is 0 Å². The minimum absolute atomic E-state index is 0.0658. The highest BCUT2D eigenvalue weighted by molar-refractivity contribution is 9.10. The highest BCUT2D eigenvalue weighted by Gasteiger charge is 1.91. The Kier molecular flexibility index (Phi) is 4.63. The molecule has 3 nitrogen and oxygen atoms in total. The molecule has 0 N–H and O–H groups in total. The summed E-state index contributed by atoms with van der Waals surface area (Å²) in [6, 6.07) is 0. The molecular formula is C9H7BrN2OS. The number of hydrogen-bond acceptors (Lipinski definition) is 4. The van der Waals surface area contributed by atoms with Crippen molar-refractivity contribution in [2.75, 3.05) is 5.75 Å². The van der Waals surface area contributed by atoms with Gasteiger partial charge in [-0.05, 0) is 21.9 Å². The summed E-state index contributed by atoms with van der Waals surface area (Å²) in [7, 11) is 0. The van der Waals surface area contributed by atoms with Gasteiger partial charge in [0.15, 0.2) is 5.12 Å². The second-order valence-electron chi connectivity index (χ2n) is 2.31. The molecule has 0 amide bonds. The van der Waals surface area contributed by atoms with Gasteiger partial charge in [-0.3, -0.25) is 4.79 Å². The highest BCUT2D eigenvalue weighted by Crippen LogP contribution is 2.03. The van der Waals surface area contributed by atoms with Crippen molar-refractivity contribution in [2.45, 2.75) is 6.92 Å². The number of nitrogens with zero attached hydrogens (tertiary/aromatic N) is 2. The predicted molar refractivity (Wildman–Crippen MR) is 59.7 cm³/mol. The van der Waals surface area contributed by atoms with E-state index in [1.165, 1.54) is 18.7 Å². The molecule has 0 radical (unpaired) electrons. The molecule has 0 saturated heterocycles. The molecule has 0 aromatic carbocycles. The molecule has 0 aliphatic heterocycles. The molecule has 1 aromatic rings. The molecule has 0 spiro atoms. The molecule has 0 aliphatic rings. The van der Waals surface area contributed by atoms with Crippen molar-refractivity contribution < 1.29 is 4.79 Å². The molecule has 72 valence electrons. The highest BCUT2D eigenvalue weighted by atomic mass is 79.9. The molecule has 1 rings (SSSR count). The van der Waals surface area contributed by atoms with Crippen molar-refractivity contribution in [1.82, 2.24) is 9.97 Å². The number of carbonyl (C=O) groups is 1. The van der Waals surface area contributed by atoms with Crippen molar-refractivity contribution in [3.63, 3.8) is 0 Å². The van der Waals surface area contributed by atoms with Gasteiger partial charge in [0.05, 0.1) is 10.2 Å².